The van der Waals surface area contributed by atoms with E-state index in [9.17, 15) is 4.79 Å². The van der Waals surface area contributed by atoms with Gasteiger partial charge in [0.05, 0.1) is 33.5 Å². The van der Waals surface area contributed by atoms with Gasteiger partial charge >= 0.3 is 0 Å². The monoisotopic (exact) mass is 374 g/mol. The van der Waals surface area contributed by atoms with Gasteiger partial charge in [0.2, 0.25) is 0 Å². The third kappa shape index (κ3) is 7.88. The summed E-state index contributed by atoms with van der Waals surface area (Å²) in [6.45, 7) is 1.89. The molecule has 0 aliphatic heterocycles. The molecule has 0 radical (unpaired) electrons. The Morgan fingerprint density at radius 3 is 2.07 bits per heavy atom. The molecule has 0 aromatic heterocycles. The lowest BCUT2D eigenvalue weighted by molar-refractivity contribution is -0.0745. The predicted molar refractivity (Wildman–Crippen MR) is 101 cm³/mol. The van der Waals surface area contributed by atoms with Crippen LogP contribution in [0.2, 0.25) is 0 Å². The topological polar surface area (TPSA) is 63.2 Å². The zero-order chi connectivity index (χ0) is 19.3. The summed E-state index contributed by atoms with van der Waals surface area (Å²) in [5.74, 6) is 0.752. The highest BCUT2D eigenvalue weighted by Gasteiger charge is 2.06. The Morgan fingerprint density at radius 2 is 1.41 bits per heavy atom. The zero-order valence-corrected chi connectivity index (χ0v) is 15.8. The molecule has 0 spiro atoms. The van der Waals surface area contributed by atoms with E-state index in [1.807, 2.05) is 36.4 Å². The lowest BCUT2D eigenvalue weighted by Gasteiger charge is -2.07. The van der Waals surface area contributed by atoms with E-state index in [2.05, 4.69) is 0 Å². The highest BCUT2D eigenvalue weighted by Crippen LogP contribution is 2.11. The van der Waals surface area contributed by atoms with Gasteiger partial charge in [-0.05, 0) is 23.3 Å². The van der Waals surface area contributed by atoms with E-state index < -0.39 is 0 Å². The van der Waals surface area contributed by atoms with Crippen molar-refractivity contribution in [1.82, 2.24) is 0 Å². The molecule has 0 aliphatic rings. The molecule has 0 unspecified atom stereocenters. The number of Topliss-reactive ketones (excluding diaryl/α,β-unsaturated/α-hetero) is 1. The second kappa shape index (κ2) is 12.2. The van der Waals surface area contributed by atoms with E-state index in [1.165, 1.54) is 0 Å². The second-order valence-electron chi connectivity index (χ2n) is 5.83. The Kier molecular flexibility index (Phi) is 9.51. The van der Waals surface area contributed by atoms with Crippen LogP contribution < -0.4 is 4.74 Å². The second-order valence-corrected chi connectivity index (χ2v) is 5.83. The molecule has 6 heteroatoms. The summed E-state index contributed by atoms with van der Waals surface area (Å²) >= 11 is 0. The number of methoxy groups -OCH3 is 2. The molecule has 146 valence electrons. The van der Waals surface area contributed by atoms with E-state index in [4.69, 9.17) is 23.7 Å². The van der Waals surface area contributed by atoms with Crippen LogP contribution >= 0.6 is 0 Å². The first-order valence-electron chi connectivity index (χ1n) is 8.70. The van der Waals surface area contributed by atoms with Crippen molar-refractivity contribution in [2.24, 2.45) is 0 Å². The molecule has 0 bridgehead atoms. The SMILES string of the molecule is COCc1ccc(C(=O)COCCOCOCc2ccc(OC)cc2)cc1. The van der Waals surface area contributed by atoms with Gasteiger partial charge in [0, 0.05) is 12.7 Å². The lowest BCUT2D eigenvalue weighted by atomic mass is 10.1. The van der Waals surface area contributed by atoms with Crippen LogP contribution in [0.5, 0.6) is 5.75 Å². The summed E-state index contributed by atoms with van der Waals surface area (Å²) in [6.07, 6.45) is 0. The van der Waals surface area contributed by atoms with Gasteiger partial charge in [0.25, 0.3) is 0 Å². The first-order chi connectivity index (χ1) is 13.2. The summed E-state index contributed by atoms with van der Waals surface area (Å²) in [4.78, 5) is 12.0. The van der Waals surface area contributed by atoms with Crippen molar-refractivity contribution in [3.05, 3.63) is 65.2 Å². The molecule has 6 nitrogen and oxygen atoms in total. The number of hydrogen-bond acceptors (Lipinski definition) is 6. The van der Waals surface area contributed by atoms with Gasteiger partial charge in [-0.15, -0.1) is 0 Å². The average Bonchev–Trinajstić information content (AvgIpc) is 2.71. The minimum atomic E-state index is -0.0604. The molecule has 0 saturated carbocycles. The van der Waals surface area contributed by atoms with Crippen LogP contribution in [0.15, 0.2) is 48.5 Å². The number of carbonyl (C=O) groups excluding carboxylic acids is 1. The van der Waals surface area contributed by atoms with Crippen LogP contribution in [0.3, 0.4) is 0 Å². The number of benzene rings is 2. The van der Waals surface area contributed by atoms with Gasteiger partial charge in [-0.2, -0.15) is 0 Å². The summed E-state index contributed by atoms with van der Waals surface area (Å²) in [5, 5.41) is 0. The van der Waals surface area contributed by atoms with Gasteiger partial charge in [0.15, 0.2) is 5.78 Å². The highest BCUT2D eigenvalue weighted by molar-refractivity contribution is 5.97. The van der Waals surface area contributed by atoms with E-state index in [0.29, 0.717) is 32.0 Å². The first-order valence-corrected chi connectivity index (χ1v) is 8.70. The fraction of sp³-hybridized carbons (Fsp3) is 0.381. The van der Waals surface area contributed by atoms with E-state index in [-0.39, 0.29) is 19.2 Å². The summed E-state index contributed by atoms with van der Waals surface area (Å²) in [6, 6.07) is 15.0. The zero-order valence-electron chi connectivity index (χ0n) is 15.8. The van der Waals surface area contributed by atoms with Crippen molar-refractivity contribution in [3.63, 3.8) is 0 Å². The molecule has 0 heterocycles. The third-order valence-corrected chi connectivity index (χ3v) is 3.79. The molecule has 0 saturated heterocycles. The Morgan fingerprint density at radius 1 is 0.778 bits per heavy atom. The molecule has 0 amide bonds. The predicted octanol–water partition coefficient (Wildman–Crippen LogP) is 3.23. The fourth-order valence-corrected chi connectivity index (χ4v) is 2.32. The van der Waals surface area contributed by atoms with Crippen molar-refractivity contribution < 1.29 is 28.5 Å². The van der Waals surface area contributed by atoms with Gasteiger partial charge < -0.3 is 23.7 Å². The van der Waals surface area contributed by atoms with E-state index in [1.54, 1.807) is 26.4 Å². The van der Waals surface area contributed by atoms with Gasteiger partial charge in [-0.1, -0.05) is 36.4 Å². The smallest absolute Gasteiger partial charge is 0.188 e. The van der Waals surface area contributed by atoms with E-state index in [0.717, 1.165) is 16.9 Å². The standard InChI is InChI=1S/C21H26O6/c1-23-13-17-3-7-19(8-4-17)21(22)15-25-11-12-26-16-27-14-18-5-9-20(24-2)10-6-18/h3-10H,11-16H2,1-2H3. The normalized spacial score (nSPS) is 10.7. The molecule has 0 atom stereocenters. The minimum absolute atomic E-state index is 0.0275. The quantitative estimate of drug-likeness (QED) is 0.305. The van der Waals surface area contributed by atoms with Crippen LogP contribution in [0, 0.1) is 0 Å². The summed E-state index contributed by atoms with van der Waals surface area (Å²) in [5.41, 5.74) is 2.69. The van der Waals surface area contributed by atoms with Crippen LogP contribution in [0.25, 0.3) is 0 Å². The molecule has 27 heavy (non-hydrogen) atoms. The number of hydrogen-bond donors (Lipinski definition) is 0. The largest absolute Gasteiger partial charge is 0.497 e. The van der Waals surface area contributed by atoms with Crippen molar-refractivity contribution in [3.8, 4) is 5.75 Å². The first kappa shape index (κ1) is 21.1. The Balaban J connectivity index is 1.51. The number of ether oxygens (including phenoxy) is 5. The summed E-state index contributed by atoms with van der Waals surface area (Å²) in [7, 11) is 3.27. The lowest BCUT2D eigenvalue weighted by Crippen LogP contribution is -2.13. The molecule has 0 N–H and O–H groups in total. The molecule has 2 rings (SSSR count). The molecule has 0 fully saturated rings. The maximum Gasteiger partial charge on any atom is 0.188 e. The number of ketones is 1. The molecule has 2 aromatic rings. The molecule has 0 aliphatic carbocycles. The number of rotatable bonds is 13. The van der Waals surface area contributed by atoms with Gasteiger partial charge in [-0.25, -0.2) is 0 Å². The summed E-state index contributed by atoms with van der Waals surface area (Å²) < 4.78 is 26.3. The Hall–Kier alpha value is -2.25. The van der Waals surface area contributed by atoms with Crippen molar-refractivity contribution in [2.45, 2.75) is 13.2 Å². The fourth-order valence-electron chi connectivity index (χ4n) is 2.32. The van der Waals surface area contributed by atoms with Gasteiger partial charge in [0.1, 0.15) is 19.1 Å². The van der Waals surface area contributed by atoms with Crippen LogP contribution in [0.1, 0.15) is 21.5 Å². The highest BCUT2D eigenvalue weighted by atomic mass is 16.7. The average molecular weight is 374 g/mol. The molecular weight excluding hydrogens is 348 g/mol. The number of carbonyl (C=O) groups is 1. The van der Waals surface area contributed by atoms with E-state index >= 15 is 0 Å². The molecular formula is C21H26O6. The van der Waals surface area contributed by atoms with Crippen molar-refractivity contribution in [2.75, 3.05) is 40.8 Å². The van der Waals surface area contributed by atoms with Crippen molar-refractivity contribution >= 4 is 5.78 Å². The third-order valence-electron chi connectivity index (χ3n) is 3.79. The van der Waals surface area contributed by atoms with Crippen LogP contribution in [-0.4, -0.2) is 46.6 Å². The van der Waals surface area contributed by atoms with Crippen LogP contribution in [0.4, 0.5) is 0 Å². The Labute approximate surface area is 160 Å². The van der Waals surface area contributed by atoms with Gasteiger partial charge in [-0.3, -0.25) is 4.79 Å². The molecule has 2 aromatic carbocycles. The maximum atomic E-state index is 12.0. The van der Waals surface area contributed by atoms with Crippen LogP contribution in [-0.2, 0) is 32.2 Å². The Bertz CT molecular complexity index is 666. The van der Waals surface area contributed by atoms with Crippen molar-refractivity contribution in [1.29, 1.82) is 0 Å². The minimum Gasteiger partial charge on any atom is -0.497 e. The maximum absolute atomic E-state index is 12.0.